The van der Waals surface area contributed by atoms with E-state index in [1.807, 2.05) is 6.92 Å². The van der Waals surface area contributed by atoms with Crippen LogP contribution in [0.4, 0.5) is 0 Å². The molecule has 0 heterocycles. The molecule has 0 bridgehead atoms. The van der Waals surface area contributed by atoms with Gasteiger partial charge in [-0.1, -0.05) is 0 Å². The average Bonchev–Trinajstić information content (AvgIpc) is 1.87. The molecule has 96 valence electrons. The molecule has 0 amide bonds. The second-order valence-electron chi connectivity index (χ2n) is 2.53. The summed E-state index contributed by atoms with van der Waals surface area (Å²) in [5, 5.41) is 0. The Kier molecular flexibility index (Phi) is 41.3. The van der Waals surface area contributed by atoms with E-state index in [4.69, 9.17) is 15.2 Å². The van der Waals surface area contributed by atoms with Gasteiger partial charge in [-0.15, -0.1) is 24.8 Å². The molecule has 0 aliphatic heterocycles. The molecule has 4 nitrogen and oxygen atoms in total. The van der Waals surface area contributed by atoms with Crippen LogP contribution in [-0.2, 0) is 30.5 Å². The van der Waals surface area contributed by atoms with Crippen molar-refractivity contribution in [1.82, 2.24) is 0 Å². The summed E-state index contributed by atoms with van der Waals surface area (Å²) in [6.45, 7) is 3.31. The molecule has 0 aromatic heterocycles. The van der Waals surface area contributed by atoms with Gasteiger partial charge in [0.25, 0.3) is 0 Å². The first-order valence-electron chi connectivity index (χ1n) is 3.45. The summed E-state index contributed by atoms with van der Waals surface area (Å²) in [5.41, 5.74) is 5.65. The minimum atomic E-state index is 0. The molecule has 0 aromatic carbocycles. The van der Waals surface area contributed by atoms with Crippen LogP contribution in [0.5, 0.6) is 0 Å². The largest absolute Gasteiger partial charge is 0.693 e. The smallest absolute Gasteiger partial charge is 0.0527 e. The van der Waals surface area contributed by atoms with E-state index in [2.05, 4.69) is 0 Å². The van der Waals surface area contributed by atoms with Gasteiger partial charge in [-0.3, -0.25) is 0 Å². The van der Waals surface area contributed by atoms with Crippen LogP contribution in [0.15, 0.2) is 0 Å². The normalized spacial score (nSPS) is 10.1. The molecule has 1 unspecified atom stereocenters. The summed E-state index contributed by atoms with van der Waals surface area (Å²) in [6.07, 6.45) is 0. The molecule has 0 aliphatic rings. The van der Waals surface area contributed by atoms with Gasteiger partial charge in [-0.2, -0.15) is 0 Å². The summed E-state index contributed by atoms with van der Waals surface area (Å²) >= 11 is 0. The first kappa shape index (κ1) is 29.4. The van der Waals surface area contributed by atoms with Crippen molar-refractivity contribution in [3.8, 4) is 0 Å². The van der Waals surface area contributed by atoms with Crippen LogP contribution in [0.25, 0.3) is 6.15 Å². The quantitative estimate of drug-likeness (QED) is 0.722. The van der Waals surface area contributed by atoms with Crippen LogP contribution in [-0.4, -0.2) is 33.5 Å². The van der Waals surface area contributed by atoms with E-state index in [0.29, 0.717) is 19.1 Å². The topological polar surface area (TPSA) is 78.0 Å². The van der Waals surface area contributed by atoms with Crippen LogP contribution in [0.2, 0.25) is 0 Å². The van der Waals surface area contributed by atoms with Crippen molar-refractivity contribution in [2.75, 3.05) is 27.4 Å². The number of hydrogen-bond acceptors (Lipinski definition) is 3. The number of rotatable bonds is 5. The number of ether oxygens (including phenoxy) is 2. The van der Waals surface area contributed by atoms with Gasteiger partial charge in [0, 0.05) is 47.2 Å². The molecule has 7 heteroatoms. The van der Waals surface area contributed by atoms with E-state index in [0.717, 1.165) is 0 Å². The van der Waals surface area contributed by atoms with Gasteiger partial charge in [0.15, 0.2) is 0 Å². The van der Waals surface area contributed by atoms with Crippen LogP contribution in [0.1, 0.15) is 6.92 Å². The van der Waals surface area contributed by atoms with E-state index >= 15 is 0 Å². The Hall–Kier alpha value is 1.11. The summed E-state index contributed by atoms with van der Waals surface area (Å²) in [4.78, 5) is 0. The fraction of sp³-hybridized carbons (Fsp3) is 1.00. The summed E-state index contributed by atoms with van der Waals surface area (Å²) < 4.78 is 9.92. The number of nitrogens with two attached hydrogens (primary N) is 2. The van der Waals surface area contributed by atoms with Crippen LogP contribution >= 0.6 is 24.8 Å². The van der Waals surface area contributed by atoms with Crippen molar-refractivity contribution in [3.63, 3.8) is 0 Å². The van der Waals surface area contributed by atoms with Crippen molar-refractivity contribution < 1.29 is 30.5 Å². The third-order valence-corrected chi connectivity index (χ3v) is 1.51. The minimum absolute atomic E-state index is 0. The van der Waals surface area contributed by atoms with E-state index in [9.17, 15) is 0 Å². The molecule has 0 radical (unpaired) electrons. The molecule has 1 atom stereocenters. The SMILES string of the molecule is COCC(COC)C(C)N.Cl.Cl.[NH2-].[Pt]. The molecular formula is C7H21Cl2N2O2Pt-. The number of halogens is 2. The van der Waals surface area contributed by atoms with Gasteiger partial charge in [0.1, 0.15) is 0 Å². The van der Waals surface area contributed by atoms with Crippen LogP contribution in [0, 0.1) is 5.92 Å². The summed E-state index contributed by atoms with van der Waals surface area (Å²) in [7, 11) is 3.34. The van der Waals surface area contributed by atoms with Crippen LogP contribution in [0.3, 0.4) is 0 Å². The van der Waals surface area contributed by atoms with Crippen molar-refractivity contribution in [2.45, 2.75) is 13.0 Å². The van der Waals surface area contributed by atoms with Gasteiger partial charge < -0.3 is 21.4 Å². The first-order valence-corrected chi connectivity index (χ1v) is 3.45. The Balaban J connectivity index is -0.0000000675. The molecule has 0 spiro atoms. The predicted octanol–water partition coefficient (Wildman–Crippen LogP) is 1.80. The van der Waals surface area contributed by atoms with Crippen molar-refractivity contribution in [3.05, 3.63) is 6.15 Å². The zero-order chi connectivity index (χ0) is 7.98. The van der Waals surface area contributed by atoms with E-state index in [-0.39, 0.29) is 58.1 Å². The van der Waals surface area contributed by atoms with E-state index in [1.165, 1.54) is 0 Å². The van der Waals surface area contributed by atoms with Crippen LogP contribution < -0.4 is 5.73 Å². The second-order valence-corrected chi connectivity index (χ2v) is 2.53. The third-order valence-electron chi connectivity index (χ3n) is 1.51. The van der Waals surface area contributed by atoms with Gasteiger partial charge in [0.05, 0.1) is 13.2 Å². The van der Waals surface area contributed by atoms with Crippen molar-refractivity contribution in [2.24, 2.45) is 11.7 Å². The second kappa shape index (κ2) is 19.6. The molecule has 0 rings (SSSR count). The summed E-state index contributed by atoms with van der Waals surface area (Å²) in [5.74, 6) is 0.315. The molecule has 0 fully saturated rings. The molecule has 0 aliphatic carbocycles. The standard InChI is InChI=1S/C7H17NO2.2ClH.H2N.Pt/c1-6(8)7(4-9-2)5-10-3;;;;/h6-7H,4-5,8H2,1-3H3;2*1H;1H2;/q;;;-1;. The van der Waals surface area contributed by atoms with Gasteiger partial charge in [-0.05, 0) is 6.92 Å². The fourth-order valence-corrected chi connectivity index (χ4v) is 0.780. The Morgan fingerprint density at radius 1 is 1.07 bits per heavy atom. The molecular weight excluding hydrogens is 410 g/mol. The fourth-order valence-electron chi connectivity index (χ4n) is 0.780. The zero-order valence-corrected chi connectivity index (χ0v) is 12.6. The van der Waals surface area contributed by atoms with Gasteiger partial charge >= 0.3 is 0 Å². The molecule has 4 N–H and O–H groups in total. The maximum atomic E-state index is 5.65. The Morgan fingerprint density at radius 3 is 1.50 bits per heavy atom. The number of methoxy groups -OCH3 is 2. The monoisotopic (exact) mass is 430 g/mol. The van der Waals surface area contributed by atoms with Crippen molar-refractivity contribution in [1.29, 1.82) is 0 Å². The Labute approximate surface area is 113 Å². The Morgan fingerprint density at radius 2 is 1.36 bits per heavy atom. The van der Waals surface area contributed by atoms with E-state index in [1.54, 1.807) is 14.2 Å². The summed E-state index contributed by atoms with van der Waals surface area (Å²) in [6, 6.07) is 0.139. The zero-order valence-electron chi connectivity index (χ0n) is 8.67. The maximum Gasteiger partial charge on any atom is 0.0527 e. The maximum absolute atomic E-state index is 5.65. The third kappa shape index (κ3) is 15.6. The van der Waals surface area contributed by atoms with Gasteiger partial charge in [-0.25, -0.2) is 0 Å². The molecule has 0 saturated heterocycles. The predicted molar refractivity (Wildman–Crippen MR) is 60.7 cm³/mol. The van der Waals surface area contributed by atoms with Gasteiger partial charge in [0.2, 0.25) is 0 Å². The number of hydrogen-bond donors (Lipinski definition) is 1. The van der Waals surface area contributed by atoms with Crippen molar-refractivity contribution >= 4 is 24.8 Å². The Bertz CT molecular complexity index is 86.1. The molecule has 0 saturated carbocycles. The average molecular weight is 431 g/mol. The minimum Gasteiger partial charge on any atom is -0.693 e. The van der Waals surface area contributed by atoms with E-state index < -0.39 is 0 Å². The first-order chi connectivity index (χ1) is 4.72. The molecule has 0 aromatic rings. The molecule has 14 heavy (non-hydrogen) atoms.